The van der Waals surface area contributed by atoms with Gasteiger partial charge in [0.25, 0.3) is 0 Å². The molecule has 3 nitrogen and oxygen atoms in total. The highest BCUT2D eigenvalue weighted by atomic mass is 35.5. The molecule has 0 amide bonds. The minimum atomic E-state index is -0.370. The van der Waals surface area contributed by atoms with E-state index in [-0.39, 0.29) is 6.10 Å². The number of rotatable bonds is 2. The molecule has 0 saturated heterocycles. The summed E-state index contributed by atoms with van der Waals surface area (Å²) in [6, 6.07) is 0. The summed E-state index contributed by atoms with van der Waals surface area (Å²) in [7, 11) is 0. The van der Waals surface area contributed by atoms with E-state index in [1.54, 1.807) is 16.8 Å². The summed E-state index contributed by atoms with van der Waals surface area (Å²) < 4.78 is 0. The molecule has 2 N–H and O–H groups in total. The molecule has 1 unspecified atom stereocenters. The van der Waals surface area contributed by atoms with Crippen LogP contribution in [0.1, 0.15) is 4.88 Å². The van der Waals surface area contributed by atoms with Crippen LogP contribution in [0.15, 0.2) is 17.2 Å². The molecule has 1 aromatic heterocycles. The van der Waals surface area contributed by atoms with E-state index in [1.807, 2.05) is 6.08 Å². The van der Waals surface area contributed by atoms with E-state index in [2.05, 4.69) is 10.3 Å². The zero-order chi connectivity index (χ0) is 9.97. The van der Waals surface area contributed by atoms with Gasteiger partial charge in [0.1, 0.15) is 5.15 Å². The first-order valence-electron chi connectivity index (χ1n) is 4.42. The molecule has 1 atom stereocenters. The number of nitrogens with one attached hydrogen (secondary N) is 1. The largest absolute Gasteiger partial charge is 0.388 e. The second-order valence-electron chi connectivity index (χ2n) is 3.27. The van der Waals surface area contributed by atoms with Crippen molar-refractivity contribution in [1.29, 1.82) is 0 Å². The van der Waals surface area contributed by atoms with E-state index in [9.17, 15) is 5.11 Å². The maximum absolute atomic E-state index is 9.39. The summed E-state index contributed by atoms with van der Waals surface area (Å²) in [6.07, 6.45) is 2.31. The Balaban J connectivity index is 2.07. The molecule has 1 aliphatic heterocycles. The van der Waals surface area contributed by atoms with Gasteiger partial charge in [-0.15, -0.1) is 11.3 Å². The molecule has 2 rings (SSSR count). The van der Waals surface area contributed by atoms with Crippen LogP contribution in [-0.2, 0) is 6.42 Å². The summed E-state index contributed by atoms with van der Waals surface area (Å²) in [6.45, 7) is 1.46. The Morgan fingerprint density at radius 1 is 1.71 bits per heavy atom. The van der Waals surface area contributed by atoms with Crippen LogP contribution in [0.2, 0.25) is 5.15 Å². The highest BCUT2D eigenvalue weighted by Gasteiger charge is 2.12. The maximum Gasteiger partial charge on any atom is 0.143 e. The number of aromatic nitrogens is 1. The summed E-state index contributed by atoms with van der Waals surface area (Å²) in [4.78, 5) is 5.04. The van der Waals surface area contributed by atoms with Gasteiger partial charge in [-0.2, -0.15) is 0 Å². The molecule has 0 bridgehead atoms. The van der Waals surface area contributed by atoms with Gasteiger partial charge in [0.15, 0.2) is 0 Å². The van der Waals surface area contributed by atoms with Gasteiger partial charge in [-0.05, 0) is 0 Å². The Hall–Kier alpha value is -0.420. The second-order valence-corrected chi connectivity index (χ2v) is 4.56. The average molecular weight is 231 g/mol. The van der Waals surface area contributed by atoms with Gasteiger partial charge in [-0.25, -0.2) is 4.98 Å². The summed E-state index contributed by atoms with van der Waals surface area (Å²) in [5.41, 5.74) is 2.92. The van der Waals surface area contributed by atoms with Gasteiger partial charge in [0.2, 0.25) is 0 Å². The fourth-order valence-electron chi connectivity index (χ4n) is 1.47. The number of hydrogen-bond acceptors (Lipinski definition) is 4. The van der Waals surface area contributed by atoms with Crippen LogP contribution in [0.3, 0.4) is 0 Å². The quantitative estimate of drug-likeness (QED) is 0.752. The third-order valence-electron chi connectivity index (χ3n) is 2.11. The number of nitrogens with zero attached hydrogens (tertiary/aromatic N) is 1. The summed E-state index contributed by atoms with van der Waals surface area (Å²) in [5.74, 6) is 0. The Labute approximate surface area is 91.4 Å². The summed E-state index contributed by atoms with van der Waals surface area (Å²) >= 11 is 7.44. The van der Waals surface area contributed by atoms with Crippen LogP contribution in [0.25, 0.3) is 0 Å². The van der Waals surface area contributed by atoms with Gasteiger partial charge >= 0.3 is 0 Å². The number of aliphatic hydroxyl groups is 1. The van der Waals surface area contributed by atoms with Crippen LogP contribution in [0, 0.1) is 0 Å². The van der Waals surface area contributed by atoms with Crippen molar-refractivity contribution in [2.24, 2.45) is 0 Å². The lowest BCUT2D eigenvalue weighted by Crippen LogP contribution is -2.32. The van der Waals surface area contributed by atoms with Gasteiger partial charge in [-0.3, -0.25) is 0 Å². The average Bonchev–Trinajstić information content (AvgIpc) is 2.52. The minimum absolute atomic E-state index is 0.370. The monoisotopic (exact) mass is 230 g/mol. The SMILES string of the molecule is OC1C=C(Cc2scnc2Cl)CNC1. The third-order valence-corrected chi connectivity index (χ3v) is 3.38. The van der Waals surface area contributed by atoms with Crippen molar-refractivity contribution in [1.82, 2.24) is 10.3 Å². The van der Waals surface area contributed by atoms with Crippen molar-refractivity contribution in [3.05, 3.63) is 27.2 Å². The fraction of sp³-hybridized carbons (Fsp3) is 0.444. The van der Waals surface area contributed by atoms with Gasteiger partial charge < -0.3 is 10.4 Å². The second kappa shape index (κ2) is 4.40. The minimum Gasteiger partial charge on any atom is -0.388 e. The summed E-state index contributed by atoms with van der Waals surface area (Å²) in [5, 5.41) is 13.1. The first-order chi connectivity index (χ1) is 6.75. The van der Waals surface area contributed by atoms with E-state index < -0.39 is 0 Å². The molecular weight excluding hydrogens is 220 g/mol. The van der Waals surface area contributed by atoms with Crippen molar-refractivity contribution in [2.45, 2.75) is 12.5 Å². The third kappa shape index (κ3) is 2.33. The normalized spacial score (nSPS) is 22.1. The van der Waals surface area contributed by atoms with E-state index in [4.69, 9.17) is 11.6 Å². The van der Waals surface area contributed by atoms with Crippen molar-refractivity contribution in [3.8, 4) is 0 Å². The lowest BCUT2D eigenvalue weighted by Gasteiger charge is -2.17. The predicted octanol–water partition coefficient (Wildman–Crippen LogP) is 1.23. The van der Waals surface area contributed by atoms with Crippen molar-refractivity contribution < 1.29 is 5.11 Å². The molecule has 1 aliphatic rings. The highest BCUT2D eigenvalue weighted by molar-refractivity contribution is 7.10. The standard InChI is InChI=1S/C9H11ClN2OS/c10-9-8(14-5-12-9)2-6-1-7(13)4-11-3-6/h1,5,7,11,13H,2-4H2. The van der Waals surface area contributed by atoms with E-state index in [0.29, 0.717) is 11.7 Å². The Morgan fingerprint density at radius 3 is 3.21 bits per heavy atom. The molecule has 76 valence electrons. The fourth-order valence-corrected chi connectivity index (χ4v) is 2.48. The van der Waals surface area contributed by atoms with E-state index >= 15 is 0 Å². The molecule has 5 heteroatoms. The number of β-amino-alcohol motifs (C(OH)–C–C–N with tert-alkyl or cyclic N) is 1. The lowest BCUT2D eigenvalue weighted by atomic mass is 10.1. The van der Waals surface area contributed by atoms with Crippen molar-refractivity contribution in [2.75, 3.05) is 13.1 Å². The number of aliphatic hydroxyl groups excluding tert-OH is 1. The van der Waals surface area contributed by atoms with Gasteiger partial charge in [-0.1, -0.05) is 23.3 Å². The van der Waals surface area contributed by atoms with Crippen LogP contribution in [0.5, 0.6) is 0 Å². The molecular formula is C9H11ClN2OS. The molecule has 1 aromatic rings. The first-order valence-corrected chi connectivity index (χ1v) is 5.67. The van der Waals surface area contributed by atoms with Crippen LogP contribution in [-0.4, -0.2) is 29.3 Å². The van der Waals surface area contributed by atoms with E-state index in [1.165, 1.54) is 5.57 Å². The number of thiazole rings is 1. The van der Waals surface area contributed by atoms with Crippen LogP contribution < -0.4 is 5.32 Å². The Kier molecular flexibility index (Phi) is 3.18. The molecule has 0 saturated carbocycles. The Morgan fingerprint density at radius 2 is 2.57 bits per heavy atom. The van der Waals surface area contributed by atoms with Crippen molar-refractivity contribution >= 4 is 22.9 Å². The molecule has 0 aliphatic carbocycles. The smallest absolute Gasteiger partial charge is 0.143 e. The molecule has 14 heavy (non-hydrogen) atoms. The molecule has 0 aromatic carbocycles. The zero-order valence-electron chi connectivity index (χ0n) is 7.53. The molecule has 2 heterocycles. The number of hydrogen-bond donors (Lipinski definition) is 2. The van der Waals surface area contributed by atoms with Crippen LogP contribution >= 0.6 is 22.9 Å². The highest BCUT2D eigenvalue weighted by Crippen LogP contribution is 2.22. The van der Waals surface area contributed by atoms with Crippen molar-refractivity contribution in [3.63, 3.8) is 0 Å². The Bertz CT molecular complexity index is 350. The first kappa shape index (κ1) is 10.1. The zero-order valence-corrected chi connectivity index (χ0v) is 9.11. The predicted molar refractivity (Wildman–Crippen MR) is 57.8 cm³/mol. The molecule has 0 radical (unpaired) electrons. The number of halogens is 1. The molecule has 0 spiro atoms. The topological polar surface area (TPSA) is 45.2 Å². The maximum atomic E-state index is 9.39. The molecule has 0 fully saturated rings. The van der Waals surface area contributed by atoms with Gasteiger partial charge in [0.05, 0.1) is 11.6 Å². The lowest BCUT2D eigenvalue weighted by molar-refractivity contribution is 0.213. The van der Waals surface area contributed by atoms with E-state index in [0.717, 1.165) is 17.8 Å². The van der Waals surface area contributed by atoms with Gasteiger partial charge in [0, 0.05) is 24.4 Å². The van der Waals surface area contributed by atoms with Crippen LogP contribution in [0.4, 0.5) is 0 Å².